The topological polar surface area (TPSA) is 102 Å². The predicted molar refractivity (Wildman–Crippen MR) is 108 cm³/mol. The number of anilines is 2. The summed E-state index contributed by atoms with van der Waals surface area (Å²) < 4.78 is 63.1. The van der Waals surface area contributed by atoms with Gasteiger partial charge in [-0.2, -0.15) is 13.2 Å². The van der Waals surface area contributed by atoms with Gasteiger partial charge in [0.05, 0.1) is 40.6 Å². The van der Waals surface area contributed by atoms with Crippen molar-refractivity contribution in [3.05, 3.63) is 78.8 Å². The van der Waals surface area contributed by atoms with Crippen LogP contribution in [0.3, 0.4) is 0 Å². The summed E-state index contributed by atoms with van der Waals surface area (Å²) in [6, 6.07) is 6.63. The van der Waals surface area contributed by atoms with E-state index in [9.17, 15) is 22.4 Å². The maximum absolute atomic E-state index is 14.5. The first kappa shape index (κ1) is 21.7. The fourth-order valence-corrected chi connectivity index (χ4v) is 2.71. The zero-order chi connectivity index (χ0) is 23.4. The van der Waals surface area contributed by atoms with Crippen molar-refractivity contribution < 1.29 is 31.6 Å². The number of hydrogen-bond donors (Lipinski definition) is 2. The minimum Gasteiger partial charge on any atom is -0.457 e. The van der Waals surface area contributed by atoms with Crippen molar-refractivity contribution in [3.63, 3.8) is 0 Å². The zero-order valence-corrected chi connectivity index (χ0v) is 16.4. The van der Waals surface area contributed by atoms with Crippen molar-refractivity contribution in [1.82, 2.24) is 15.1 Å². The first-order chi connectivity index (χ1) is 15.8. The van der Waals surface area contributed by atoms with Crippen LogP contribution in [-0.4, -0.2) is 21.2 Å². The number of rotatable bonds is 5. The molecule has 0 fully saturated rings. The number of halogens is 4. The summed E-state index contributed by atoms with van der Waals surface area (Å²) in [7, 11) is 0. The van der Waals surface area contributed by atoms with E-state index < -0.39 is 23.6 Å². The van der Waals surface area contributed by atoms with Crippen LogP contribution in [0.5, 0.6) is 11.5 Å². The predicted octanol–water partition coefficient (Wildman–Crippen LogP) is 5.73. The molecule has 2 N–H and O–H groups in total. The Morgan fingerprint density at radius 3 is 2.55 bits per heavy atom. The molecule has 0 aliphatic heterocycles. The van der Waals surface area contributed by atoms with E-state index in [-0.39, 0.29) is 17.1 Å². The molecule has 0 radical (unpaired) electrons. The van der Waals surface area contributed by atoms with Crippen LogP contribution in [-0.2, 0) is 6.18 Å². The normalized spacial score (nSPS) is 11.2. The Labute approximate surface area is 183 Å². The highest BCUT2D eigenvalue weighted by Crippen LogP contribution is 2.30. The lowest BCUT2D eigenvalue weighted by atomic mass is 10.2. The van der Waals surface area contributed by atoms with Crippen LogP contribution in [0, 0.1) is 5.82 Å². The Hall–Kier alpha value is -4.48. The number of urea groups is 1. The minimum atomic E-state index is -4.62. The second-order valence-electron chi connectivity index (χ2n) is 6.57. The van der Waals surface area contributed by atoms with Gasteiger partial charge >= 0.3 is 12.2 Å². The van der Waals surface area contributed by atoms with Gasteiger partial charge in [-0.25, -0.2) is 9.18 Å². The second kappa shape index (κ2) is 8.94. The average molecular weight is 459 g/mol. The molecule has 12 heteroatoms. The molecule has 2 amide bonds. The first-order valence-electron chi connectivity index (χ1n) is 9.21. The van der Waals surface area contributed by atoms with Gasteiger partial charge in [0.2, 0.25) is 0 Å². The van der Waals surface area contributed by atoms with Crippen LogP contribution in [0.25, 0.3) is 11.3 Å². The number of nitrogens with zero attached hydrogens (tertiary/aromatic N) is 3. The smallest absolute Gasteiger partial charge is 0.417 e. The van der Waals surface area contributed by atoms with Crippen molar-refractivity contribution in [2.75, 3.05) is 10.6 Å². The van der Waals surface area contributed by atoms with E-state index in [1.165, 1.54) is 30.8 Å². The molecule has 0 bridgehead atoms. The third-order valence-corrected chi connectivity index (χ3v) is 4.21. The number of alkyl halides is 3. The molecule has 1 aromatic carbocycles. The highest BCUT2D eigenvalue weighted by atomic mass is 19.4. The summed E-state index contributed by atoms with van der Waals surface area (Å²) in [5.74, 6) is -0.308. The zero-order valence-electron chi connectivity index (χ0n) is 16.4. The maximum atomic E-state index is 14.5. The summed E-state index contributed by atoms with van der Waals surface area (Å²) in [5.41, 5.74) is -0.276. The third kappa shape index (κ3) is 5.42. The molecule has 4 rings (SSSR count). The van der Waals surface area contributed by atoms with E-state index in [1.54, 1.807) is 12.1 Å². The molecule has 4 aromatic rings. The van der Waals surface area contributed by atoms with Gasteiger partial charge in [-0.1, -0.05) is 5.16 Å². The largest absolute Gasteiger partial charge is 0.457 e. The molecule has 0 spiro atoms. The van der Waals surface area contributed by atoms with Crippen molar-refractivity contribution in [2.45, 2.75) is 6.18 Å². The highest BCUT2D eigenvalue weighted by molar-refractivity contribution is 5.99. The fourth-order valence-electron chi connectivity index (χ4n) is 2.71. The minimum absolute atomic E-state index is 0.142. The monoisotopic (exact) mass is 459 g/mol. The second-order valence-corrected chi connectivity index (χ2v) is 6.57. The molecular weight excluding hydrogens is 446 g/mol. The Balaban J connectivity index is 1.42. The van der Waals surface area contributed by atoms with E-state index in [0.29, 0.717) is 29.3 Å². The average Bonchev–Trinajstić information content (AvgIpc) is 3.31. The van der Waals surface area contributed by atoms with Crippen LogP contribution in [0.4, 0.5) is 33.7 Å². The van der Waals surface area contributed by atoms with Crippen molar-refractivity contribution in [2.24, 2.45) is 0 Å². The van der Waals surface area contributed by atoms with E-state index in [1.807, 2.05) is 0 Å². The van der Waals surface area contributed by atoms with E-state index in [0.717, 1.165) is 12.3 Å². The molecular formula is C21H13F4N5O3. The molecule has 0 unspecified atom stereocenters. The number of ether oxygens (including phenoxy) is 1. The number of amides is 2. The SMILES string of the molecule is O=C(Nc1cncc(C(F)(F)F)c1)Nc1ccc(Oc2ccnc(-c3cnoc3)c2)cc1F. The summed E-state index contributed by atoms with van der Waals surface area (Å²) in [6.45, 7) is 0. The molecule has 0 saturated heterocycles. The Morgan fingerprint density at radius 2 is 1.82 bits per heavy atom. The number of hydrogen-bond acceptors (Lipinski definition) is 6. The number of pyridine rings is 2. The van der Waals surface area contributed by atoms with Gasteiger partial charge in [0.1, 0.15) is 23.6 Å². The van der Waals surface area contributed by atoms with Gasteiger partial charge in [0, 0.05) is 24.5 Å². The van der Waals surface area contributed by atoms with Crippen molar-refractivity contribution in [1.29, 1.82) is 0 Å². The van der Waals surface area contributed by atoms with Gasteiger partial charge < -0.3 is 19.9 Å². The van der Waals surface area contributed by atoms with Crippen molar-refractivity contribution in [3.8, 4) is 22.8 Å². The van der Waals surface area contributed by atoms with Crippen LogP contribution in [0.2, 0.25) is 0 Å². The molecule has 0 aliphatic rings. The van der Waals surface area contributed by atoms with Gasteiger partial charge in [-0.15, -0.1) is 0 Å². The van der Waals surface area contributed by atoms with Gasteiger partial charge in [0.25, 0.3) is 0 Å². The van der Waals surface area contributed by atoms with Crippen LogP contribution >= 0.6 is 0 Å². The summed E-state index contributed by atoms with van der Waals surface area (Å²) in [4.78, 5) is 19.7. The van der Waals surface area contributed by atoms with Crippen molar-refractivity contribution >= 4 is 17.4 Å². The highest BCUT2D eigenvalue weighted by Gasteiger charge is 2.31. The Kier molecular flexibility index (Phi) is 5.89. The lowest BCUT2D eigenvalue weighted by molar-refractivity contribution is -0.137. The molecule has 8 nitrogen and oxygen atoms in total. The van der Waals surface area contributed by atoms with E-state index in [4.69, 9.17) is 9.26 Å². The standard InChI is InChI=1S/C21H13F4N5O3/c22-17-6-15(33-16-3-4-27-19(7-16)12-8-28-32-11-12)1-2-18(17)30-20(31)29-14-5-13(9-26-10-14)21(23,24)25/h1-11H,(H2,29,30,31). The van der Waals surface area contributed by atoms with Crippen LogP contribution < -0.4 is 15.4 Å². The number of aromatic nitrogens is 3. The lowest BCUT2D eigenvalue weighted by Gasteiger charge is -2.12. The number of carbonyl (C=O) groups excluding carboxylic acids is 1. The first-order valence-corrected chi connectivity index (χ1v) is 9.21. The number of carbonyl (C=O) groups is 1. The molecule has 0 aliphatic carbocycles. The fraction of sp³-hybridized carbons (Fsp3) is 0.0476. The van der Waals surface area contributed by atoms with Gasteiger partial charge in [0.15, 0.2) is 0 Å². The summed E-state index contributed by atoms with van der Waals surface area (Å²) in [5, 5.41) is 7.99. The summed E-state index contributed by atoms with van der Waals surface area (Å²) >= 11 is 0. The van der Waals surface area contributed by atoms with Gasteiger partial charge in [-0.05, 0) is 24.3 Å². The Morgan fingerprint density at radius 1 is 1.00 bits per heavy atom. The molecule has 3 aromatic heterocycles. The Bertz CT molecular complexity index is 1280. The molecule has 33 heavy (non-hydrogen) atoms. The number of benzene rings is 1. The van der Waals surface area contributed by atoms with E-state index in [2.05, 4.69) is 25.8 Å². The number of nitrogens with one attached hydrogen (secondary N) is 2. The maximum Gasteiger partial charge on any atom is 0.417 e. The van der Waals surface area contributed by atoms with Crippen LogP contribution in [0.15, 0.2) is 72.0 Å². The van der Waals surface area contributed by atoms with Crippen LogP contribution in [0.1, 0.15) is 5.56 Å². The quantitative estimate of drug-likeness (QED) is 0.370. The molecule has 3 heterocycles. The van der Waals surface area contributed by atoms with Gasteiger partial charge in [-0.3, -0.25) is 9.97 Å². The molecule has 168 valence electrons. The summed E-state index contributed by atoms with van der Waals surface area (Å²) in [6.07, 6.45) is 1.43. The molecule has 0 atom stereocenters. The van der Waals surface area contributed by atoms with E-state index >= 15 is 0 Å². The third-order valence-electron chi connectivity index (χ3n) is 4.21. The lowest BCUT2D eigenvalue weighted by Crippen LogP contribution is -2.20. The molecule has 0 saturated carbocycles.